The van der Waals surface area contributed by atoms with Crippen LogP contribution >= 0.6 is 0 Å². The van der Waals surface area contributed by atoms with Crippen molar-refractivity contribution in [2.45, 2.75) is 0 Å². The third kappa shape index (κ3) is 2.43. The fraction of sp³-hybridized carbons (Fsp3) is 0. The van der Waals surface area contributed by atoms with E-state index < -0.39 is 0 Å². The summed E-state index contributed by atoms with van der Waals surface area (Å²) in [6.07, 6.45) is 3.42. The van der Waals surface area contributed by atoms with Crippen molar-refractivity contribution in [1.29, 1.82) is 0 Å². The van der Waals surface area contributed by atoms with Gasteiger partial charge in [-0.25, -0.2) is 0 Å². The van der Waals surface area contributed by atoms with E-state index in [4.69, 9.17) is 5.73 Å². The summed E-state index contributed by atoms with van der Waals surface area (Å²) in [6.45, 7) is 0. The molecule has 1 rings (SSSR count). The molecule has 0 bridgehead atoms. The van der Waals surface area contributed by atoms with Gasteiger partial charge in [-0.05, 0) is 0 Å². The van der Waals surface area contributed by atoms with Crippen molar-refractivity contribution in [2.75, 3.05) is 0 Å². The van der Waals surface area contributed by atoms with Gasteiger partial charge >= 0.3 is 77.2 Å². The summed E-state index contributed by atoms with van der Waals surface area (Å²) in [7, 11) is 0. The molecule has 0 saturated carbocycles. The van der Waals surface area contributed by atoms with E-state index in [9.17, 15) is 0 Å². The van der Waals surface area contributed by atoms with Crippen molar-refractivity contribution < 1.29 is 19.4 Å². The Morgan fingerprint density at radius 2 is 1.64 bits per heavy atom. The Kier molecular flexibility index (Phi) is 3.25. The fourth-order valence-electron chi connectivity index (χ4n) is 0.797. The van der Waals surface area contributed by atoms with E-state index in [1.54, 1.807) is 6.20 Å². The summed E-state index contributed by atoms with van der Waals surface area (Å²) in [5, 5.41) is 0. The Hall–Kier alpha value is -0.682. The summed E-state index contributed by atoms with van der Waals surface area (Å²) >= 11 is 1.96. The zero-order chi connectivity index (χ0) is 8.10. The average molecular weight is 227 g/mol. The quantitative estimate of drug-likeness (QED) is 0.757. The molecule has 0 saturated heterocycles. The van der Waals surface area contributed by atoms with Gasteiger partial charge in [-0.15, -0.1) is 0 Å². The van der Waals surface area contributed by atoms with Crippen molar-refractivity contribution >= 4 is 10.5 Å². The van der Waals surface area contributed by atoms with E-state index in [2.05, 4.69) is 16.5 Å². The van der Waals surface area contributed by atoms with Crippen LogP contribution in [-0.4, -0.2) is 4.40 Å². The molecule has 1 aromatic rings. The van der Waals surface area contributed by atoms with Gasteiger partial charge in [-0.1, -0.05) is 0 Å². The Morgan fingerprint density at radius 3 is 2.09 bits per heavy atom. The van der Waals surface area contributed by atoms with E-state index in [1.807, 2.05) is 37.6 Å². The molecular formula is C9H9MoN. The molecule has 0 fully saturated rings. The first-order valence-electron chi connectivity index (χ1n) is 3.30. The second kappa shape index (κ2) is 4.25. The third-order valence-corrected chi connectivity index (χ3v) is 2.03. The van der Waals surface area contributed by atoms with Crippen LogP contribution in [0.4, 0.5) is 0 Å². The summed E-state index contributed by atoms with van der Waals surface area (Å²) in [5.41, 5.74) is 7.62. The van der Waals surface area contributed by atoms with Gasteiger partial charge < -0.3 is 0 Å². The zero-order valence-corrected chi connectivity index (χ0v) is 8.03. The number of benzene rings is 1. The van der Waals surface area contributed by atoms with E-state index in [-0.39, 0.29) is 0 Å². The third-order valence-electron chi connectivity index (χ3n) is 1.36. The Morgan fingerprint density at radius 1 is 1.09 bits per heavy atom. The van der Waals surface area contributed by atoms with Crippen LogP contribution in [0.3, 0.4) is 0 Å². The molecule has 0 aliphatic heterocycles. The maximum absolute atomic E-state index is 5.24. The molecule has 0 unspecified atom stereocenters. The first kappa shape index (κ1) is 8.42. The maximum atomic E-state index is 5.24. The standard InChI is InChI=1S/C9H9N.Mo/c1-8-2-4-9(5-3-8)6-7-10;/h1-7H,10H2;/b7-6+;. The molecule has 11 heavy (non-hydrogen) atoms. The molecule has 56 valence electrons. The Bertz CT molecular complexity index is 261. The van der Waals surface area contributed by atoms with E-state index >= 15 is 0 Å². The summed E-state index contributed by atoms with van der Waals surface area (Å²) in [4.78, 5) is 0. The van der Waals surface area contributed by atoms with Crippen LogP contribution in [0.1, 0.15) is 11.1 Å². The van der Waals surface area contributed by atoms with Gasteiger partial charge in [0.1, 0.15) is 0 Å². The fourth-order valence-corrected chi connectivity index (χ4v) is 1.18. The van der Waals surface area contributed by atoms with Crippen molar-refractivity contribution in [1.82, 2.24) is 0 Å². The predicted molar refractivity (Wildman–Crippen MR) is 44.8 cm³/mol. The van der Waals surface area contributed by atoms with Crippen LogP contribution in [0, 0.1) is 0 Å². The first-order chi connectivity index (χ1) is 5.36. The number of rotatable bonds is 2. The Labute approximate surface area is 77.3 Å². The van der Waals surface area contributed by atoms with Crippen molar-refractivity contribution in [3.63, 3.8) is 0 Å². The molecule has 2 heteroatoms. The summed E-state index contributed by atoms with van der Waals surface area (Å²) in [6, 6.07) is 8.22. The first-order valence-corrected chi connectivity index (χ1v) is 4.46. The number of hydrogen-bond acceptors (Lipinski definition) is 1. The van der Waals surface area contributed by atoms with Crippen LogP contribution in [0.5, 0.6) is 0 Å². The molecule has 0 spiro atoms. The Balaban J connectivity index is 2.91. The van der Waals surface area contributed by atoms with Crippen molar-refractivity contribution in [3.05, 3.63) is 41.6 Å². The molecule has 0 aliphatic rings. The minimum absolute atomic E-state index is 1.14. The molecule has 0 aliphatic carbocycles. The summed E-state index contributed by atoms with van der Waals surface area (Å²) in [5.74, 6) is 0. The van der Waals surface area contributed by atoms with Crippen LogP contribution in [0.25, 0.3) is 6.08 Å². The molecule has 1 aromatic carbocycles. The van der Waals surface area contributed by atoms with E-state index in [0.29, 0.717) is 0 Å². The molecule has 0 amide bonds. The molecule has 0 atom stereocenters. The number of hydrogen-bond donors (Lipinski definition) is 1. The number of nitrogens with two attached hydrogens (primary N) is 1. The second-order valence-electron chi connectivity index (χ2n) is 2.14. The van der Waals surface area contributed by atoms with Crippen LogP contribution in [0.2, 0.25) is 0 Å². The van der Waals surface area contributed by atoms with Crippen molar-refractivity contribution in [3.8, 4) is 0 Å². The average Bonchev–Trinajstić information content (AvgIpc) is 2.07. The van der Waals surface area contributed by atoms with Crippen LogP contribution in [0.15, 0.2) is 30.5 Å². The topological polar surface area (TPSA) is 26.0 Å². The van der Waals surface area contributed by atoms with Gasteiger partial charge in [0.15, 0.2) is 0 Å². The van der Waals surface area contributed by atoms with Gasteiger partial charge in [-0.2, -0.15) is 0 Å². The molecule has 1 nitrogen and oxygen atoms in total. The molecular weight excluding hydrogens is 218 g/mol. The molecule has 2 N–H and O–H groups in total. The van der Waals surface area contributed by atoms with Gasteiger partial charge in [0.05, 0.1) is 0 Å². The van der Waals surface area contributed by atoms with Crippen LogP contribution < -0.4 is 5.73 Å². The van der Waals surface area contributed by atoms with Crippen molar-refractivity contribution in [2.24, 2.45) is 5.73 Å². The predicted octanol–water partition coefficient (Wildman–Crippen LogP) is 1.31. The SMILES string of the molecule is N/C=C/c1ccc([CH]=[Mo])cc1. The molecule has 0 aromatic heterocycles. The normalized spacial score (nSPS) is 10.2. The van der Waals surface area contributed by atoms with Gasteiger partial charge in [0.2, 0.25) is 0 Å². The van der Waals surface area contributed by atoms with Crippen LogP contribution in [-0.2, 0) is 19.4 Å². The summed E-state index contributed by atoms with van der Waals surface area (Å²) < 4.78 is 2.08. The minimum atomic E-state index is 1.14. The zero-order valence-electron chi connectivity index (χ0n) is 6.03. The van der Waals surface area contributed by atoms with E-state index in [0.717, 1.165) is 5.56 Å². The second-order valence-corrected chi connectivity index (χ2v) is 2.72. The van der Waals surface area contributed by atoms with E-state index in [1.165, 1.54) is 5.56 Å². The van der Waals surface area contributed by atoms with Gasteiger partial charge in [-0.3, -0.25) is 0 Å². The monoisotopic (exact) mass is 229 g/mol. The molecule has 0 radical (unpaired) electrons. The molecule has 0 heterocycles. The van der Waals surface area contributed by atoms with Gasteiger partial charge in [0.25, 0.3) is 0 Å². The van der Waals surface area contributed by atoms with Gasteiger partial charge in [0, 0.05) is 0 Å².